The highest BCUT2D eigenvalue weighted by Gasteiger charge is 2.25. The van der Waals surface area contributed by atoms with Crippen LogP contribution in [0, 0.1) is 0 Å². The lowest BCUT2D eigenvalue weighted by atomic mass is 10.1. The molecule has 0 saturated heterocycles. The number of pyridine rings is 1. The number of carbonyl (C=O) groups excluding carboxylic acids is 1. The molecule has 0 fully saturated rings. The maximum Gasteiger partial charge on any atom is 0.414 e. The van der Waals surface area contributed by atoms with Crippen molar-refractivity contribution in [2.24, 2.45) is 7.05 Å². The molecule has 3 heterocycles. The Morgan fingerprint density at radius 1 is 1.27 bits per heavy atom. The molecule has 136 valence electrons. The number of aryl methyl sites for hydroxylation is 1. The van der Waals surface area contributed by atoms with E-state index in [0.717, 1.165) is 5.56 Å². The molecule has 0 aliphatic carbocycles. The van der Waals surface area contributed by atoms with Gasteiger partial charge in [0.2, 0.25) is 5.88 Å². The Hall–Kier alpha value is -3.36. The molecular weight excluding hydrogens is 340 g/mol. The molecule has 26 heavy (non-hydrogen) atoms. The fraction of sp³-hybridized carbons (Fsp3) is 0.294. The molecule has 0 radical (unpaired) electrons. The summed E-state index contributed by atoms with van der Waals surface area (Å²) in [4.78, 5) is 27.8. The zero-order valence-electron chi connectivity index (χ0n) is 14.7. The third-order valence-electron chi connectivity index (χ3n) is 3.40. The van der Waals surface area contributed by atoms with Gasteiger partial charge >= 0.3 is 12.1 Å². The number of nitrogens with zero attached hydrogens (tertiary/aromatic N) is 3. The number of ether oxygens (including phenoxy) is 1. The number of hydrogen-bond donors (Lipinski definition) is 2. The van der Waals surface area contributed by atoms with E-state index >= 15 is 0 Å². The minimum atomic E-state index is -1.27. The second-order valence-corrected chi connectivity index (χ2v) is 6.71. The number of aromatic nitrogens is 3. The Morgan fingerprint density at radius 2 is 2.00 bits per heavy atom. The summed E-state index contributed by atoms with van der Waals surface area (Å²) in [5.41, 5.74) is 0.914. The molecule has 2 N–H and O–H groups in total. The van der Waals surface area contributed by atoms with Crippen molar-refractivity contribution in [1.29, 1.82) is 0 Å². The van der Waals surface area contributed by atoms with Gasteiger partial charge in [-0.15, -0.1) is 0 Å². The fourth-order valence-electron chi connectivity index (χ4n) is 2.39. The largest absolute Gasteiger partial charge is 0.477 e. The monoisotopic (exact) mass is 358 g/mol. The normalized spacial score (nSPS) is 11.5. The summed E-state index contributed by atoms with van der Waals surface area (Å²) in [5, 5.41) is 15.9. The van der Waals surface area contributed by atoms with E-state index in [1.807, 2.05) is 0 Å². The molecule has 0 bridgehead atoms. The third-order valence-corrected chi connectivity index (χ3v) is 3.40. The van der Waals surface area contributed by atoms with E-state index in [-0.39, 0.29) is 22.5 Å². The van der Waals surface area contributed by atoms with Gasteiger partial charge in [0.15, 0.2) is 5.58 Å². The first-order valence-electron chi connectivity index (χ1n) is 7.79. The summed E-state index contributed by atoms with van der Waals surface area (Å²) in [6, 6.07) is 1.64. The lowest BCUT2D eigenvalue weighted by Gasteiger charge is -2.19. The topological polar surface area (TPSA) is 119 Å². The number of anilines is 1. The number of carboxylic acids is 1. The van der Waals surface area contributed by atoms with Crippen LogP contribution in [-0.2, 0) is 11.8 Å². The van der Waals surface area contributed by atoms with E-state index in [4.69, 9.17) is 9.15 Å². The van der Waals surface area contributed by atoms with E-state index in [1.54, 1.807) is 51.0 Å². The predicted molar refractivity (Wildman–Crippen MR) is 93.0 cm³/mol. The quantitative estimate of drug-likeness (QED) is 0.737. The van der Waals surface area contributed by atoms with Crippen molar-refractivity contribution in [2.75, 3.05) is 5.32 Å². The second-order valence-electron chi connectivity index (χ2n) is 6.71. The molecule has 0 atom stereocenters. The first-order valence-corrected chi connectivity index (χ1v) is 7.79. The number of hydrogen-bond acceptors (Lipinski definition) is 6. The zero-order valence-corrected chi connectivity index (χ0v) is 14.7. The smallest absolute Gasteiger partial charge is 0.414 e. The van der Waals surface area contributed by atoms with Gasteiger partial charge in [0.05, 0.1) is 6.20 Å². The van der Waals surface area contributed by atoms with Gasteiger partial charge in [0.25, 0.3) is 0 Å². The number of fused-ring (bicyclic) bond motifs is 1. The lowest BCUT2D eigenvalue weighted by Crippen LogP contribution is -2.27. The van der Waals surface area contributed by atoms with Crippen LogP contribution in [0.4, 0.5) is 10.7 Å². The van der Waals surface area contributed by atoms with Crippen LogP contribution < -0.4 is 5.32 Å². The molecule has 9 nitrogen and oxygen atoms in total. The van der Waals surface area contributed by atoms with E-state index in [9.17, 15) is 14.7 Å². The van der Waals surface area contributed by atoms with Crippen LogP contribution in [0.2, 0.25) is 0 Å². The molecule has 1 amide bonds. The van der Waals surface area contributed by atoms with Crippen LogP contribution >= 0.6 is 0 Å². The highest BCUT2D eigenvalue weighted by atomic mass is 16.6. The maximum absolute atomic E-state index is 12.0. The molecule has 3 aromatic heterocycles. The number of rotatable bonds is 3. The van der Waals surface area contributed by atoms with Crippen molar-refractivity contribution in [3.05, 3.63) is 30.2 Å². The molecule has 0 saturated carbocycles. The summed E-state index contributed by atoms with van der Waals surface area (Å²) in [7, 11) is 1.79. The second kappa shape index (κ2) is 6.17. The Bertz CT molecular complexity index is 996. The number of carbonyl (C=O) groups is 2. The highest BCUT2D eigenvalue weighted by molar-refractivity contribution is 6.08. The standard InChI is InChI=1S/C17H18N4O5/c1-17(2,3)26-16(24)20-14-12(15(22)23)13-11(25-14)5-9(6-18-13)10-7-19-21(4)8-10/h5-8H,1-4H3,(H,20,24)(H,22,23). The van der Waals surface area contributed by atoms with Gasteiger partial charge in [-0.3, -0.25) is 15.0 Å². The Kier molecular flexibility index (Phi) is 4.15. The molecule has 0 aliphatic rings. The van der Waals surface area contributed by atoms with E-state index in [0.29, 0.717) is 5.56 Å². The zero-order chi connectivity index (χ0) is 19.1. The summed E-state index contributed by atoms with van der Waals surface area (Å²) in [6.45, 7) is 5.10. The number of amides is 1. The van der Waals surface area contributed by atoms with Gasteiger partial charge in [-0.25, -0.2) is 9.59 Å². The predicted octanol–water partition coefficient (Wildman–Crippen LogP) is 3.27. The number of carboxylic acid groups (broad SMARTS) is 1. The Labute approximate surface area is 148 Å². The van der Waals surface area contributed by atoms with Crippen LogP contribution in [0.25, 0.3) is 22.2 Å². The summed E-state index contributed by atoms with van der Waals surface area (Å²) in [6.07, 6.45) is 4.16. The minimum Gasteiger partial charge on any atom is -0.477 e. The van der Waals surface area contributed by atoms with E-state index in [2.05, 4.69) is 15.4 Å². The Balaban J connectivity index is 2.01. The first kappa shape index (κ1) is 17.5. The molecule has 9 heteroatoms. The SMILES string of the molecule is Cn1cc(-c2cnc3c(C(=O)O)c(NC(=O)OC(C)(C)C)oc3c2)cn1. The maximum atomic E-state index is 12.0. The molecule has 3 aromatic rings. The van der Waals surface area contributed by atoms with Crippen molar-refractivity contribution >= 4 is 29.0 Å². The molecule has 3 rings (SSSR count). The fourth-order valence-corrected chi connectivity index (χ4v) is 2.39. The van der Waals surface area contributed by atoms with Crippen LogP contribution in [0.15, 0.2) is 29.1 Å². The third kappa shape index (κ3) is 3.51. The van der Waals surface area contributed by atoms with Crippen LogP contribution in [0.3, 0.4) is 0 Å². The van der Waals surface area contributed by atoms with Crippen LogP contribution in [0.1, 0.15) is 31.1 Å². The van der Waals surface area contributed by atoms with Crippen molar-refractivity contribution in [3.8, 4) is 11.1 Å². The van der Waals surface area contributed by atoms with Gasteiger partial charge in [-0.2, -0.15) is 5.10 Å². The first-order chi connectivity index (χ1) is 12.1. The number of aromatic carboxylic acids is 1. The highest BCUT2D eigenvalue weighted by Crippen LogP contribution is 2.31. The van der Waals surface area contributed by atoms with Gasteiger partial charge in [-0.1, -0.05) is 0 Å². The van der Waals surface area contributed by atoms with Crippen molar-refractivity contribution in [2.45, 2.75) is 26.4 Å². The van der Waals surface area contributed by atoms with Gasteiger partial charge in [0.1, 0.15) is 16.7 Å². The number of furan rings is 1. The van der Waals surface area contributed by atoms with Crippen molar-refractivity contribution in [1.82, 2.24) is 14.8 Å². The van der Waals surface area contributed by atoms with E-state index < -0.39 is 17.7 Å². The minimum absolute atomic E-state index is 0.135. The average molecular weight is 358 g/mol. The van der Waals surface area contributed by atoms with Gasteiger partial charge in [-0.05, 0) is 26.8 Å². The van der Waals surface area contributed by atoms with Crippen LogP contribution in [0.5, 0.6) is 0 Å². The number of nitrogens with one attached hydrogen (secondary N) is 1. The van der Waals surface area contributed by atoms with Gasteiger partial charge in [0, 0.05) is 30.6 Å². The summed E-state index contributed by atoms with van der Waals surface area (Å²) < 4.78 is 12.3. The molecule has 0 aromatic carbocycles. The molecule has 0 spiro atoms. The van der Waals surface area contributed by atoms with Crippen molar-refractivity contribution < 1.29 is 23.8 Å². The molecule has 0 unspecified atom stereocenters. The van der Waals surface area contributed by atoms with E-state index in [1.165, 1.54) is 6.20 Å². The molecule has 0 aliphatic heterocycles. The van der Waals surface area contributed by atoms with Crippen molar-refractivity contribution in [3.63, 3.8) is 0 Å². The summed E-state index contributed by atoms with van der Waals surface area (Å²) in [5.74, 6) is -1.49. The molecular formula is C17H18N4O5. The average Bonchev–Trinajstić information content (AvgIpc) is 3.07. The lowest BCUT2D eigenvalue weighted by molar-refractivity contribution is 0.0633. The van der Waals surface area contributed by atoms with Gasteiger partial charge < -0.3 is 14.3 Å². The summed E-state index contributed by atoms with van der Waals surface area (Å²) >= 11 is 0. The Morgan fingerprint density at radius 3 is 2.58 bits per heavy atom. The van der Waals surface area contributed by atoms with Crippen LogP contribution in [-0.4, -0.2) is 37.5 Å².